The van der Waals surface area contributed by atoms with Gasteiger partial charge in [-0.05, 0) is 12.0 Å². The van der Waals surface area contributed by atoms with Crippen LogP contribution in [0.1, 0.15) is 13.3 Å². The SMILES string of the molecule is CC/C(=C\C(=O)OC)N=[N+]=[N-]. The molecule has 0 radical (unpaired) electrons. The fourth-order valence-corrected chi connectivity index (χ4v) is 0.454. The number of ether oxygens (including phenoxy) is 1. The molecular weight excluding hydrogens is 146 g/mol. The molecule has 0 spiro atoms. The molecule has 0 aromatic rings. The zero-order valence-electron chi connectivity index (χ0n) is 6.44. The Hall–Kier alpha value is -1.48. The minimum atomic E-state index is -0.505. The van der Waals surface area contributed by atoms with E-state index < -0.39 is 5.97 Å². The van der Waals surface area contributed by atoms with Crippen LogP contribution in [-0.4, -0.2) is 13.1 Å². The van der Waals surface area contributed by atoms with Gasteiger partial charge in [-0.1, -0.05) is 12.0 Å². The molecule has 0 rings (SSSR count). The Morgan fingerprint density at radius 3 is 2.82 bits per heavy atom. The monoisotopic (exact) mass is 155 g/mol. The van der Waals surface area contributed by atoms with E-state index in [0.29, 0.717) is 12.1 Å². The summed E-state index contributed by atoms with van der Waals surface area (Å²) in [4.78, 5) is 13.1. The van der Waals surface area contributed by atoms with E-state index in [2.05, 4.69) is 14.8 Å². The van der Waals surface area contributed by atoms with Crippen LogP contribution in [0.3, 0.4) is 0 Å². The van der Waals surface area contributed by atoms with E-state index in [9.17, 15) is 4.79 Å². The Balaban J connectivity index is 4.34. The average molecular weight is 155 g/mol. The van der Waals surface area contributed by atoms with Crippen molar-refractivity contribution in [2.45, 2.75) is 13.3 Å². The van der Waals surface area contributed by atoms with Gasteiger partial charge in [0, 0.05) is 16.7 Å². The van der Waals surface area contributed by atoms with Crippen LogP contribution < -0.4 is 0 Å². The van der Waals surface area contributed by atoms with Crippen LogP contribution >= 0.6 is 0 Å². The third kappa shape index (κ3) is 4.00. The molecule has 0 amide bonds. The third-order valence-corrected chi connectivity index (χ3v) is 1.02. The second-order valence-electron chi connectivity index (χ2n) is 1.70. The lowest BCUT2D eigenvalue weighted by atomic mass is 10.3. The second-order valence-corrected chi connectivity index (χ2v) is 1.70. The highest BCUT2D eigenvalue weighted by Crippen LogP contribution is 2.02. The molecule has 0 unspecified atom stereocenters. The minimum absolute atomic E-state index is 0.374. The Labute approximate surface area is 64.3 Å². The van der Waals surface area contributed by atoms with Crippen LogP contribution in [0.4, 0.5) is 0 Å². The topological polar surface area (TPSA) is 75.1 Å². The van der Waals surface area contributed by atoms with E-state index in [0.717, 1.165) is 0 Å². The van der Waals surface area contributed by atoms with E-state index >= 15 is 0 Å². The van der Waals surface area contributed by atoms with Crippen molar-refractivity contribution in [2.24, 2.45) is 5.11 Å². The predicted molar refractivity (Wildman–Crippen MR) is 39.5 cm³/mol. The number of allylic oxidation sites excluding steroid dienone is 1. The predicted octanol–water partition coefficient (Wildman–Crippen LogP) is 1.76. The third-order valence-electron chi connectivity index (χ3n) is 1.02. The van der Waals surface area contributed by atoms with Crippen molar-refractivity contribution in [3.8, 4) is 0 Å². The molecule has 0 saturated heterocycles. The fourth-order valence-electron chi connectivity index (χ4n) is 0.454. The lowest BCUT2D eigenvalue weighted by molar-refractivity contribution is -0.134. The zero-order chi connectivity index (χ0) is 8.69. The molecule has 0 aliphatic carbocycles. The van der Waals surface area contributed by atoms with Crippen molar-refractivity contribution < 1.29 is 9.53 Å². The van der Waals surface area contributed by atoms with Crippen LogP contribution in [0, 0.1) is 0 Å². The molecule has 0 saturated carbocycles. The summed E-state index contributed by atoms with van der Waals surface area (Å²) in [6.07, 6.45) is 1.68. The van der Waals surface area contributed by atoms with Crippen LogP contribution in [0.15, 0.2) is 16.9 Å². The molecule has 0 atom stereocenters. The quantitative estimate of drug-likeness (QED) is 0.205. The first-order chi connectivity index (χ1) is 5.24. The largest absolute Gasteiger partial charge is 0.466 e. The summed E-state index contributed by atoms with van der Waals surface area (Å²) in [6.45, 7) is 1.78. The van der Waals surface area contributed by atoms with Gasteiger partial charge in [-0.2, -0.15) is 0 Å². The maximum atomic E-state index is 10.6. The lowest BCUT2D eigenvalue weighted by Gasteiger charge is -1.93. The summed E-state index contributed by atoms with van der Waals surface area (Å²) >= 11 is 0. The van der Waals surface area contributed by atoms with Gasteiger partial charge in [0.2, 0.25) is 0 Å². The average Bonchev–Trinajstić information content (AvgIpc) is 2.03. The number of esters is 1. The van der Waals surface area contributed by atoms with E-state index in [4.69, 9.17) is 5.53 Å². The van der Waals surface area contributed by atoms with Crippen molar-refractivity contribution in [1.82, 2.24) is 0 Å². The molecule has 5 nitrogen and oxygen atoms in total. The van der Waals surface area contributed by atoms with Gasteiger partial charge in [0.05, 0.1) is 7.11 Å². The number of azide groups is 1. The Kier molecular flexibility index (Phi) is 4.60. The van der Waals surface area contributed by atoms with Gasteiger partial charge in [0.1, 0.15) is 0 Å². The van der Waals surface area contributed by atoms with Crippen molar-refractivity contribution in [1.29, 1.82) is 0 Å². The molecule has 0 bridgehead atoms. The first-order valence-electron chi connectivity index (χ1n) is 3.08. The number of rotatable bonds is 3. The van der Waals surface area contributed by atoms with Crippen LogP contribution in [0.2, 0.25) is 0 Å². The summed E-state index contributed by atoms with van der Waals surface area (Å²) < 4.78 is 4.33. The van der Waals surface area contributed by atoms with Gasteiger partial charge in [-0.25, -0.2) is 4.79 Å². The van der Waals surface area contributed by atoms with Gasteiger partial charge in [-0.15, -0.1) is 0 Å². The molecule has 0 aliphatic heterocycles. The number of carbonyl (C=O) groups is 1. The van der Waals surface area contributed by atoms with Gasteiger partial charge < -0.3 is 4.74 Å². The van der Waals surface area contributed by atoms with Crippen molar-refractivity contribution in [2.75, 3.05) is 7.11 Å². The summed E-state index contributed by atoms with van der Waals surface area (Å²) in [7, 11) is 1.27. The fraction of sp³-hybridized carbons (Fsp3) is 0.500. The molecule has 0 fully saturated rings. The maximum absolute atomic E-state index is 10.6. The molecule has 0 heterocycles. The molecule has 0 N–H and O–H groups in total. The number of methoxy groups -OCH3 is 1. The standard InChI is InChI=1S/C6H9N3O2/c1-3-5(8-9-7)4-6(10)11-2/h4H,3H2,1-2H3/b5-4+. The van der Waals surface area contributed by atoms with Crippen molar-refractivity contribution >= 4 is 5.97 Å². The maximum Gasteiger partial charge on any atom is 0.330 e. The first-order valence-corrected chi connectivity index (χ1v) is 3.08. The second kappa shape index (κ2) is 5.32. The van der Waals surface area contributed by atoms with Crippen molar-refractivity contribution in [3.05, 3.63) is 22.2 Å². The summed E-state index contributed by atoms with van der Waals surface area (Å²) in [6, 6.07) is 0. The normalized spacial score (nSPS) is 10.2. The molecule has 0 aliphatic rings. The van der Waals surface area contributed by atoms with E-state index in [1.54, 1.807) is 6.92 Å². The molecule has 0 aromatic heterocycles. The molecule has 11 heavy (non-hydrogen) atoms. The highest BCUT2D eigenvalue weighted by atomic mass is 16.5. The van der Waals surface area contributed by atoms with E-state index in [-0.39, 0.29) is 0 Å². The Morgan fingerprint density at radius 2 is 2.45 bits per heavy atom. The smallest absolute Gasteiger partial charge is 0.330 e. The van der Waals surface area contributed by atoms with Crippen LogP contribution in [0.5, 0.6) is 0 Å². The molecule has 0 aromatic carbocycles. The highest BCUT2D eigenvalue weighted by molar-refractivity contribution is 5.82. The Morgan fingerprint density at radius 1 is 1.82 bits per heavy atom. The van der Waals surface area contributed by atoms with Crippen molar-refractivity contribution in [3.63, 3.8) is 0 Å². The van der Waals surface area contributed by atoms with E-state index in [1.165, 1.54) is 13.2 Å². The van der Waals surface area contributed by atoms with Gasteiger partial charge >= 0.3 is 5.97 Å². The minimum Gasteiger partial charge on any atom is -0.466 e. The summed E-state index contributed by atoms with van der Waals surface area (Å²) in [5, 5.41) is 3.27. The highest BCUT2D eigenvalue weighted by Gasteiger charge is 1.95. The summed E-state index contributed by atoms with van der Waals surface area (Å²) in [5.74, 6) is -0.505. The molecular formula is C6H9N3O2. The molecule has 5 heteroatoms. The first kappa shape index (κ1) is 9.52. The lowest BCUT2D eigenvalue weighted by Crippen LogP contribution is -1.95. The number of hydrogen-bond acceptors (Lipinski definition) is 3. The Bertz CT molecular complexity index is 216. The zero-order valence-corrected chi connectivity index (χ0v) is 6.44. The van der Waals surface area contributed by atoms with Gasteiger partial charge in [0.15, 0.2) is 0 Å². The number of hydrogen-bond donors (Lipinski definition) is 0. The number of nitrogens with zero attached hydrogens (tertiary/aromatic N) is 3. The van der Waals surface area contributed by atoms with E-state index in [1.807, 2.05) is 0 Å². The van der Waals surface area contributed by atoms with Gasteiger partial charge in [-0.3, -0.25) is 0 Å². The van der Waals surface area contributed by atoms with Gasteiger partial charge in [0.25, 0.3) is 0 Å². The molecule has 60 valence electrons. The number of carbonyl (C=O) groups excluding carboxylic acids is 1. The summed E-state index contributed by atoms with van der Waals surface area (Å²) in [5.41, 5.74) is 8.39. The van der Waals surface area contributed by atoms with Crippen LogP contribution in [0.25, 0.3) is 10.4 Å². The van der Waals surface area contributed by atoms with Crippen LogP contribution in [-0.2, 0) is 9.53 Å².